The first-order valence-corrected chi connectivity index (χ1v) is 11.8. The number of methoxy groups -OCH3 is 1. The number of nitrogens with one attached hydrogen (secondary N) is 2. The largest absolute Gasteiger partial charge is 0.493 e. The number of piperidine rings is 1. The average molecular weight is 501 g/mol. The molecule has 2 heterocycles. The minimum Gasteiger partial charge on any atom is -0.493 e. The van der Waals surface area contributed by atoms with E-state index >= 15 is 0 Å². The zero-order valence-electron chi connectivity index (χ0n) is 19.3. The molecule has 3 aromatic rings. The topological polar surface area (TPSA) is 108 Å². The van der Waals surface area contributed by atoms with Gasteiger partial charge >= 0.3 is 5.69 Å². The van der Waals surface area contributed by atoms with Gasteiger partial charge in [0, 0.05) is 16.7 Å². The number of hydrogen-bond donors (Lipinski definition) is 2. The van der Waals surface area contributed by atoms with Crippen molar-refractivity contribution in [2.45, 2.75) is 25.3 Å². The van der Waals surface area contributed by atoms with E-state index in [9.17, 15) is 14.9 Å². The minimum atomic E-state index is -0.574. The van der Waals surface area contributed by atoms with Crippen LogP contribution < -0.4 is 19.7 Å². The number of nitro benzene ring substituents is 1. The standard InChI is InChI=1S/C25H26ClN3O6/c1-33-24-14-17(7-9-23(24)35-22-10-8-18(26)15-19(22)29(31)32)25(30)27-16-20(21-6-5-13-34-21)28-11-3-2-4-12-28/h5-10,13-15,20H,2-4,11-12,16H2,1H3,(H,27,30)/p+1/t20-/m1/s1. The van der Waals surface area contributed by atoms with Gasteiger partial charge in [-0.3, -0.25) is 14.9 Å². The first-order valence-electron chi connectivity index (χ1n) is 11.4. The number of furan rings is 1. The Kier molecular flexibility index (Phi) is 7.89. The molecule has 9 nitrogen and oxygen atoms in total. The maximum atomic E-state index is 13.0. The van der Waals surface area contributed by atoms with Gasteiger partial charge in [-0.2, -0.15) is 0 Å². The molecule has 1 fully saturated rings. The van der Waals surface area contributed by atoms with Crippen LogP contribution in [0.2, 0.25) is 5.02 Å². The quantitative estimate of drug-likeness (QED) is 0.337. The number of hydrogen-bond acceptors (Lipinski definition) is 6. The third-order valence-electron chi connectivity index (χ3n) is 6.11. The van der Waals surface area contributed by atoms with Crippen molar-refractivity contribution in [3.63, 3.8) is 0 Å². The Hall–Kier alpha value is -3.56. The number of quaternary nitrogens is 1. The number of rotatable bonds is 9. The summed E-state index contributed by atoms with van der Waals surface area (Å²) in [6.45, 7) is 2.51. The van der Waals surface area contributed by atoms with E-state index in [1.807, 2.05) is 12.1 Å². The van der Waals surface area contributed by atoms with Crippen LogP contribution in [0.15, 0.2) is 59.2 Å². The lowest BCUT2D eigenvalue weighted by Gasteiger charge is -2.30. The zero-order valence-corrected chi connectivity index (χ0v) is 20.0. The van der Waals surface area contributed by atoms with Crippen molar-refractivity contribution < 1.29 is 28.5 Å². The first-order chi connectivity index (χ1) is 17.0. The van der Waals surface area contributed by atoms with Crippen molar-refractivity contribution in [1.29, 1.82) is 0 Å². The Bertz CT molecular complexity index is 1180. The van der Waals surface area contributed by atoms with Crippen LogP contribution in [-0.2, 0) is 0 Å². The minimum absolute atomic E-state index is 0.0145. The lowest BCUT2D eigenvalue weighted by Crippen LogP contribution is -3.13. The molecule has 10 heteroatoms. The molecule has 0 spiro atoms. The lowest BCUT2D eigenvalue weighted by atomic mass is 10.1. The Morgan fingerprint density at radius 2 is 1.91 bits per heavy atom. The number of nitro groups is 1. The van der Waals surface area contributed by atoms with Gasteiger partial charge in [-0.15, -0.1) is 0 Å². The number of likely N-dealkylation sites (tertiary alicyclic amines) is 1. The van der Waals surface area contributed by atoms with E-state index in [1.165, 1.54) is 36.6 Å². The van der Waals surface area contributed by atoms with Gasteiger partial charge in [0.15, 0.2) is 23.3 Å². The summed E-state index contributed by atoms with van der Waals surface area (Å²) >= 11 is 5.88. The van der Waals surface area contributed by atoms with Gasteiger partial charge < -0.3 is 24.1 Å². The van der Waals surface area contributed by atoms with E-state index in [-0.39, 0.29) is 39.9 Å². The van der Waals surface area contributed by atoms with E-state index in [1.54, 1.807) is 24.5 Å². The second kappa shape index (κ2) is 11.2. The summed E-state index contributed by atoms with van der Waals surface area (Å²) in [4.78, 5) is 25.2. The predicted octanol–water partition coefficient (Wildman–Crippen LogP) is 4.18. The van der Waals surface area contributed by atoms with Gasteiger partial charge in [0.2, 0.25) is 5.75 Å². The van der Waals surface area contributed by atoms with Crippen LogP contribution in [0.25, 0.3) is 0 Å². The van der Waals surface area contributed by atoms with Crippen molar-refractivity contribution in [2.24, 2.45) is 0 Å². The van der Waals surface area contributed by atoms with E-state index < -0.39 is 4.92 Å². The number of carbonyl (C=O) groups is 1. The molecule has 1 saturated heterocycles. The fourth-order valence-corrected chi connectivity index (χ4v) is 4.48. The number of nitrogens with zero attached hydrogens (tertiary/aromatic N) is 1. The second-order valence-electron chi connectivity index (χ2n) is 8.33. The fraction of sp³-hybridized carbons (Fsp3) is 0.320. The highest BCUT2D eigenvalue weighted by atomic mass is 35.5. The van der Waals surface area contributed by atoms with Crippen LogP contribution in [0.4, 0.5) is 5.69 Å². The van der Waals surface area contributed by atoms with Crippen LogP contribution in [0, 0.1) is 10.1 Å². The van der Waals surface area contributed by atoms with E-state index in [2.05, 4.69) is 5.32 Å². The van der Waals surface area contributed by atoms with Gasteiger partial charge in [0.25, 0.3) is 5.91 Å². The number of amides is 1. The van der Waals surface area contributed by atoms with Gasteiger partial charge in [-0.1, -0.05) is 11.6 Å². The molecule has 1 atom stereocenters. The molecular weight excluding hydrogens is 474 g/mol. The summed E-state index contributed by atoms with van der Waals surface area (Å²) in [5.41, 5.74) is 0.109. The summed E-state index contributed by atoms with van der Waals surface area (Å²) in [5.74, 6) is 1.11. The summed E-state index contributed by atoms with van der Waals surface area (Å²) in [5, 5.41) is 14.6. The fourth-order valence-electron chi connectivity index (χ4n) is 4.32. The van der Waals surface area contributed by atoms with Gasteiger partial charge in [-0.25, -0.2) is 0 Å². The smallest absolute Gasteiger partial charge is 0.313 e. The summed E-state index contributed by atoms with van der Waals surface area (Å²) in [6, 6.07) is 12.6. The third kappa shape index (κ3) is 5.93. The van der Waals surface area contributed by atoms with Crippen LogP contribution in [0.5, 0.6) is 17.2 Å². The molecule has 0 saturated carbocycles. The third-order valence-corrected chi connectivity index (χ3v) is 6.34. The van der Waals surface area contributed by atoms with Crippen molar-refractivity contribution in [3.05, 3.63) is 81.3 Å². The molecule has 184 valence electrons. The molecule has 1 aliphatic rings. The molecule has 0 unspecified atom stereocenters. The van der Waals surface area contributed by atoms with Crippen LogP contribution in [-0.4, -0.2) is 37.6 Å². The average Bonchev–Trinajstić information content (AvgIpc) is 3.40. The molecule has 1 aliphatic heterocycles. The number of halogens is 1. The number of ether oxygens (including phenoxy) is 2. The molecule has 1 aromatic heterocycles. The summed E-state index contributed by atoms with van der Waals surface area (Å²) < 4.78 is 16.8. The Morgan fingerprint density at radius 3 is 2.60 bits per heavy atom. The lowest BCUT2D eigenvalue weighted by molar-refractivity contribution is -0.936. The molecule has 0 radical (unpaired) electrons. The Balaban J connectivity index is 1.48. The van der Waals surface area contributed by atoms with Gasteiger partial charge in [-0.05, 0) is 61.7 Å². The van der Waals surface area contributed by atoms with Crippen LogP contribution in [0.1, 0.15) is 41.4 Å². The maximum absolute atomic E-state index is 13.0. The maximum Gasteiger partial charge on any atom is 0.313 e. The molecular formula is C25H27ClN3O6+. The molecule has 0 aliphatic carbocycles. The molecule has 4 rings (SSSR count). The molecule has 1 amide bonds. The molecule has 35 heavy (non-hydrogen) atoms. The Morgan fingerprint density at radius 1 is 1.14 bits per heavy atom. The SMILES string of the molecule is COc1cc(C(=O)NC[C@H](c2ccco2)[NH+]2CCCCC2)ccc1Oc1ccc(Cl)cc1[N+](=O)[O-]. The summed E-state index contributed by atoms with van der Waals surface area (Å²) in [7, 11) is 1.44. The normalized spacial score (nSPS) is 14.8. The van der Waals surface area contributed by atoms with E-state index in [0.29, 0.717) is 12.1 Å². The highest BCUT2D eigenvalue weighted by molar-refractivity contribution is 6.30. The zero-order chi connectivity index (χ0) is 24.8. The van der Waals surface area contributed by atoms with E-state index in [4.69, 9.17) is 25.5 Å². The van der Waals surface area contributed by atoms with Crippen LogP contribution >= 0.6 is 11.6 Å². The highest BCUT2D eigenvalue weighted by Crippen LogP contribution is 2.37. The second-order valence-corrected chi connectivity index (χ2v) is 8.77. The molecule has 0 bridgehead atoms. The monoisotopic (exact) mass is 500 g/mol. The highest BCUT2D eigenvalue weighted by Gasteiger charge is 2.29. The van der Waals surface area contributed by atoms with E-state index in [0.717, 1.165) is 31.7 Å². The van der Waals surface area contributed by atoms with Gasteiger partial charge in [0.1, 0.15) is 0 Å². The number of carbonyl (C=O) groups excluding carboxylic acids is 1. The van der Waals surface area contributed by atoms with Crippen molar-refractivity contribution in [3.8, 4) is 17.2 Å². The Labute approximate surface area is 207 Å². The molecule has 2 N–H and O–H groups in total. The van der Waals surface area contributed by atoms with Crippen molar-refractivity contribution in [2.75, 3.05) is 26.7 Å². The first kappa shape index (κ1) is 24.6. The van der Waals surface area contributed by atoms with Crippen molar-refractivity contribution >= 4 is 23.2 Å². The predicted molar refractivity (Wildman–Crippen MR) is 130 cm³/mol. The molecule has 2 aromatic carbocycles. The van der Waals surface area contributed by atoms with Crippen LogP contribution in [0.3, 0.4) is 0 Å². The summed E-state index contributed by atoms with van der Waals surface area (Å²) in [6.07, 6.45) is 5.20. The number of benzene rings is 2. The van der Waals surface area contributed by atoms with Crippen molar-refractivity contribution in [1.82, 2.24) is 5.32 Å². The van der Waals surface area contributed by atoms with Gasteiger partial charge in [0.05, 0.1) is 37.9 Å².